The maximum absolute atomic E-state index is 12.0. The summed E-state index contributed by atoms with van der Waals surface area (Å²) in [5.41, 5.74) is -1.83. The van der Waals surface area contributed by atoms with E-state index >= 15 is 0 Å². The second-order valence-electron chi connectivity index (χ2n) is 6.80. The maximum atomic E-state index is 12.0. The fourth-order valence-corrected chi connectivity index (χ4v) is 5.77. The van der Waals surface area contributed by atoms with E-state index in [1.807, 2.05) is 4.98 Å². The highest BCUT2D eigenvalue weighted by molar-refractivity contribution is 7.66. The van der Waals surface area contributed by atoms with Gasteiger partial charge in [0.15, 0.2) is 6.23 Å². The third-order valence-electron chi connectivity index (χ3n) is 3.79. The Morgan fingerprint density at radius 1 is 1.12 bits per heavy atom. The Balaban J connectivity index is 2.30. The molecule has 6 atom stereocenters. The summed E-state index contributed by atoms with van der Waals surface area (Å²) >= 11 is 0. The van der Waals surface area contributed by atoms with Gasteiger partial charge in [0.25, 0.3) is 5.56 Å². The molecule has 0 aliphatic carbocycles. The highest BCUT2D eigenvalue weighted by atomic mass is 31.3. The minimum Gasteiger partial charge on any atom is -0.385 e. The van der Waals surface area contributed by atoms with E-state index in [2.05, 4.69) is 13.1 Å². The first kappa shape index (κ1) is 28.2. The Morgan fingerprint density at radius 2 is 1.73 bits per heavy atom. The van der Waals surface area contributed by atoms with Crippen molar-refractivity contribution in [3.8, 4) is 0 Å². The van der Waals surface area contributed by atoms with E-state index in [0.29, 0.717) is 4.57 Å². The topological polar surface area (TPSA) is 274 Å². The zero-order valence-corrected chi connectivity index (χ0v) is 19.4. The van der Waals surface area contributed by atoms with Gasteiger partial charge in [-0.3, -0.25) is 18.9 Å². The van der Waals surface area contributed by atoms with Gasteiger partial charge in [0.05, 0.1) is 6.10 Å². The number of ether oxygens (including phenoxy) is 2. The van der Waals surface area contributed by atoms with Crippen LogP contribution in [0.3, 0.4) is 0 Å². The number of aromatic amines is 1. The summed E-state index contributed by atoms with van der Waals surface area (Å²) < 4.78 is 57.3. The van der Waals surface area contributed by atoms with E-state index < -0.39 is 71.7 Å². The number of hydrogen-bond donors (Lipinski definition) is 7. The first-order chi connectivity index (χ1) is 14.9. The molecule has 0 saturated carbocycles. The van der Waals surface area contributed by atoms with Crippen LogP contribution in [0.4, 0.5) is 0 Å². The van der Waals surface area contributed by atoms with E-state index in [-0.39, 0.29) is 0 Å². The highest BCUT2D eigenvalue weighted by Crippen LogP contribution is 2.66. The van der Waals surface area contributed by atoms with Crippen LogP contribution in [0.1, 0.15) is 20.1 Å². The largest absolute Gasteiger partial charge is 0.490 e. The number of aromatic nitrogens is 2. The number of aliphatic hydroxyl groups excluding tert-OH is 2. The molecule has 0 aromatic carbocycles. The summed E-state index contributed by atoms with van der Waals surface area (Å²) in [4.78, 5) is 61.1. The van der Waals surface area contributed by atoms with Crippen molar-refractivity contribution in [1.29, 1.82) is 0 Å². The summed E-state index contributed by atoms with van der Waals surface area (Å²) in [5.74, 6) is -2.47. The predicted octanol–water partition coefficient (Wildman–Crippen LogP) is -1.75. The van der Waals surface area contributed by atoms with Crippen molar-refractivity contribution < 1.29 is 66.1 Å². The lowest BCUT2D eigenvalue weighted by Gasteiger charge is -2.33. The summed E-state index contributed by atoms with van der Waals surface area (Å²) in [6, 6.07) is 0.902. The van der Waals surface area contributed by atoms with Gasteiger partial charge in [-0.05, 0) is 13.8 Å². The van der Waals surface area contributed by atoms with Crippen LogP contribution in [0.25, 0.3) is 0 Å². The molecule has 18 nitrogen and oxygen atoms in total. The quantitative estimate of drug-likeness (QED) is 0.161. The average Bonchev–Trinajstić information content (AvgIpc) is 2.82. The number of H-pyrrole nitrogens is 1. The molecule has 190 valence electrons. The van der Waals surface area contributed by atoms with Crippen LogP contribution >= 0.6 is 23.5 Å². The van der Waals surface area contributed by atoms with Gasteiger partial charge in [-0.1, -0.05) is 0 Å². The standard InChI is InChI=1S/C12H21N2O16P3/c1-6(2)27-12(5-26-32(22,23)30-33(24,25)29-31(19,20)21)9(17)8(16)10(28-12)14-4-3-7(15)13-11(14)18/h3-4,6,8-10,16-17H,5H2,1-2H3,(H,22,23)(H,24,25)(H,13,15,18)(H2,19,20,21)/t8-,9+,10-,12-/m1/s1. The van der Waals surface area contributed by atoms with Gasteiger partial charge in [-0.2, -0.15) is 8.62 Å². The zero-order valence-electron chi connectivity index (χ0n) is 16.7. The molecule has 2 unspecified atom stereocenters. The number of phosphoric acid groups is 3. The number of phosphoric ester groups is 1. The van der Waals surface area contributed by atoms with Gasteiger partial charge in [0.2, 0.25) is 5.79 Å². The average molecular weight is 542 g/mol. The van der Waals surface area contributed by atoms with Crippen LogP contribution in [0.5, 0.6) is 0 Å². The van der Waals surface area contributed by atoms with Gasteiger partial charge < -0.3 is 39.3 Å². The van der Waals surface area contributed by atoms with Crippen LogP contribution in [-0.2, 0) is 36.3 Å². The number of rotatable bonds is 10. The van der Waals surface area contributed by atoms with Crippen molar-refractivity contribution in [2.75, 3.05) is 6.61 Å². The van der Waals surface area contributed by atoms with Gasteiger partial charge in [0.1, 0.15) is 18.8 Å². The number of hydrogen-bond acceptors (Lipinski definition) is 12. The molecule has 2 heterocycles. The molecule has 7 N–H and O–H groups in total. The molecular weight excluding hydrogens is 521 g/mol. The number of nitrogens with one attached hydrogen (secondary N) is 1. The molecule has 0 radical (unpaired) electrons. The van der Waals surface area contributed by atoms with E-state index in [4.69, 9.17) is 19.3 Å². The third kappa shape index (κ3) is 7.45. The Labute approximate surface area is 183 Å². The minimum atomic E-state index is -5.82. The number of aliphatic hydroxyl groups is 2. The molecule has 1 fully saturated rings. The smallest absolute Gasteiger partial charge is 0.385 e. The van der Waals surface area contributed by atoms with E-state index in [1.165, 1.54) is 13.8 Å². The van der Waals surface area contributed by atoms with Crippen LogP contribution < -0.4 is 11.2 Å². The fourth-order valence-electron chi connectivity index (χ4n) is 2.73. The fraction of sp³-hybridized carbons (Fsp3) is 0.667. The van der Waals surface area contributed by atoms with Crippen molar-refractivity contribution in [3.05, 3.63) is 33.1 Å². The van der Waals surface area contributed by atoms with Gasteiger partial charge >= 0.3 is 29.2 Å². The first-order valence-electron chi connectivity index (χ1n) is 8.68. The lowest BCUT2D eigenvalue weighted by atomic mass is 10.1. The Hall–Kier alpha value is -1.07. The molecule has 1 aliphatic rings. The maximum Gasteiger partial charge on any atom is 0.490 e. The Kier molecular flexibility index (Phi) is 8.44. The molecule has 2 rings (SSSR count). The van der Waals surface area contributed by atoms with Crippen LogP contribution in [0.2, 0.25) is 0 Å². The molecule has 21 heteroatoms. The molecule has 0 spiro atoms. The lowest BCUT2D eigenvalue weighted by molar-refractivity contribution is -0.292. The molecule has 1 aromatic rings. The first-order valence-corrected chi connectivity index (χ1v) is 13.2. The van der Waals surface area contributed by atoms with E-state index in [1.54, 1.807) is 0 Å². The van der Waals surface area contributed by atoms with Crippen LogP contribution in [-0.4, -0.2) is 70.0 Å². The van der Waals surface area contributed by atoms with Crippen molar-refractivity contribution in [2.24, 2.45) is 0 Å². The summed E-state index contributed by atoms with van der Waals surface area (Å²) in [6.07, 6.45) is -5.56. The van der Waals surface area contributed by atoms with Crippen molar-refractivity contribution in [2.45, 2.75) is 44.2 Å². The van der Waals surface area contributed by atoms with Crippen LogP contribution in [0, 0.1) is 0 Å². The van der Waals surface area contributed by atoms with Gasteiger partial charge in [-0.25, -0.2) is 18.5 Å². The van der Waals surface area contributed by atoms with Crippen molar-refractivity contribution in [3.63, 3.8) is 0 Å². The van der Waals surface area contributed by atoms with Gasteiger partial charge in [0, 0.05) is 12.3 Å². The van der Waals surface area contributed by atoms with E-state index in [0.717, 1.165) is 12.3 Å². The Bertz CT molecular complexity index is 1110. The SMILES string of the molecule is CC(C)O[C@]1(COP(=O)(O)OP(=O)(O)OP(=O)(O)O)O[C@@H](n2ccc(=O)[nH]c2=O)[C@H](O)[C@@H]1O. The molecule has 0 bridgehead atoms. The van der Waals surface area contributed by atoms with Gasteiger partial charge in [-0.15, -0.1) is 0 Å². The van der Waals surface area contributed by atoms with Crippen LogP contribution in [0.15, 0.2) is 21.9 Å². The molecule has 1 aromatic heterocycles. The molecular formula is C12H21N2O16P3. The summed E-state index contributed by atoms with van der Waals surface area (Å²) in [5, 5.41) is 20.9. The second-order valence-corrected chi connectivity index (χ2v) is 11.2. The highest BCUT2D eigenvalue weighted by Gasteiger charge is 2.58. The third-order valence-corrected chi connectivity index (χ3v) is 7.57. The molecule has 1 aliphatic heterocycles. The molecule has 33 heavy (non-hydrogen) atoms. The minimum absolute atomic E-state index is 0.672. The predicted molar refractivity (Wildman–Crippen MR) is 102 cm³/mol. The second kappa shape index (κ2) is 9.89. The monoisotopic (exact) mass is 542 g/mol. The molecule has 1 saturated heterocycles. The molecule has 0 amide bonds. The van der Waals surface area contributed by atoms with E-state index in [9.17, 15) is 43.3 Å². The van der Waals surface area contributed by atoms with Crippen molar-refractivity contribution in [1.82, 2.24) is 9.55 Å². The summed E-state index contributed by atoms with van der Waals surface area (Å²) in [6.45, 7) is 1.57. The summed E-state index contributed by atoms with van der Waals surface area (Å²) in [7, 11) is -17.1. The number of nitrogens with zero attached hydrogens (tertiary/aromatic N) is 1. The zero-order chi connectivity index (χ0) is 25.4. The lowest BCUT2D eigenvalue weighted by Crippen LogP contribution is -2.50. The van der Waals surface area contributed by atoms with Crippen molar-refractivity contribution >= 4 is 23.5 Å². The Morgan fingerprint density at radius 3 is 2.24 bits per heavy atom. The normalized spacial score (nSPS) is 29.7.